The number of phenols is 2. The summed E-state index contributed by atoms with van der Waals surface area (Å²) >= 11 is 0. The summed E-state index contributed by atoms with van der Waals surface area (Å²) in [7, 11) is 0. The van der Waals surface area contributed by atoms with Gasteiger partial charge in [0.2, 0.25) is 0 Å². The molecule has 1 aliphatic rings. The summed E-state index contributed by atoms with van der Waals surface area (Å²) in [6, 6.07) is 15.9. The quantitative estimate of drug-likeness (QED) is 0.599. The van der Waals surface area contributed by atoms with Gasteiger partial charge in [0.15, 0.2) is 11.5 Å². The molecule has 4 heteroatoms. The van der Waals surface area contributed by atoms with Crippen LogP contribution in [0.15, 0.2) is 60.9 Å². The third kappa shape index (κ3) is 2.04. The molecule has 0 fully saturated rings. The van der Waals surface area contributed by atoms with Crippen molar-refractivity contribution < 1.29 is 20.1 Å². The second-order valence-electron chi connectivity index (χ2n) is 5.47. The van der Waals surface area contributed by atoms with Crippen molar-refractivity contribution in [2.45, 2.75) is 6.10 Å². The van der Waals surface area contributed by atoms with E-state index in [4.69, 9.17) is 4.74 Å². The highest BCUT2D eigenvalue weighted by atomic mass is 16.5. The average Bonchev–Trinajstić information content (AvgIpc) is 2.59. The first-order valence-electron chi connectivity index (χ1n) is 7.24. The molecule has 4 rings (SSSR count). The van der Waals surface area contributed by atoms with Gasteiger partial charge >= 0.3 is 0 Å². The second-order valence-corrected chi connectivity index (χ2v) is 5.47. The van der Waals surface area contributed by atoms with Crippen molar-refractivity contribution in [3.8, 4) is 17.2 Å². The molecule has 0 saturated heterocycles. The highest BCUT2D eigenvalue weighted by molar-refractivity contribution is 5.96. The molecule has 0 bridgehead atoms. The van der Waals surface area contributed by atoms with E-state index >= 15 is 0 Å². The number of fused-ring (bicyclic) bond motifs is 3. The van der Waals surface area contributed by atoms with Crippen LogP contribution in [0.3, 0.4) is 0 Å². The minimum Gasteiger partial charge on any atom is -0.504 e. The fourth-order valence-corrected chi connectivity index (χ4v) is 2.97. The molecule has 1 atom stereocenters. The first-order valence-corrected chi connectivity index (χ1v) is 7.24. The predicted molar refractivity (Wildman–Crippen MR) is 87.3 cm³/mol. The molecule has 114 valence electrons. The van der Waals surface area contributed by atoms with Crippen molar-refractivity contribution in [1.82, 2.24) is 0 Å². The lowest BCUT2D eigenvalue weighted by atomic mass is 9.90. The van der Waals surface area contributed by atoms with Crippen LogP contribution >= 0.6 is 0 Å². The zero-order valence-corrected chi connectivity index (χ0v) is 12.1. The molecule has 3 aromatic carbocycles. The lowest BCUT2D eigenvalue weighted by molar-refractivity contribution is 0.226. The van der Waals surface area contributed by atoms with Crippen molar-refractivity contribution in [3.05, 3.63) is 72.0 Å². The van der Waals surface area contributed by atoms with Gasteiger partial charge < -0.3 is 20.1 Å². The van der Waals surface area contributed by atoms with Crippen molar-refractivity contribution in [3.63, 3.8) is 0 Å². The van der Waals surface area contributed by atoms with Crippen LogP contribution in [-0.2, 0) is 0 Å². The largest absolute Gasteiger partial charge is 0.504 e. The Hall–Kier alpha value is -2.98. The lowest BCUT2D eigenvalue weighted by Gasteiger charge is -2.25. The van der Waals surface area contributed by atoms with E-state index in [1.54, 1.807) is 24.5 Å². The first kappa shape index (κ1) is 13.7. The number of hydrogen-bond donors (Lipinski definition) is 3. The van der Waals surface area contributed by atoms with Crippen molar-refractivity contribution in [2.24, 2.45) is 0 Å². The van der Waals surface area contributed by atoms with Gasteiger partial charge in [-0.2, -0.15) is 0 Å². The molecule has 4 nitrogen and oxygen atoms in total. The summed E-state index contributed by atoms with van der Waals surface area (Å²) < 4.78 is 5.67. The van der Waals surface area contributed by atoms with Crippen LogP contribution in [-0.4, -0.2) is 15.3 Å². The van der Waals surface area contributed by atoms with Crippen LogP contribution in [0.1, 0.15) is 17.2 Å². The number of hydrogen-bond acceptors (Lipinski definition) is 4. The van der Waals surface area contributed by atoms with Crippen molar-refractivity contribution in [2.75, 3.05) is 0 Å². The average molecular weight is 306 g/mol. The van der Waals surface area contributed by atoms with Crippen LogP contribution in [0.4, 0.5) is 0 Å². The molecule has 0 aliphatic carbocycles. The summed E-state index contributed by atoms with van der Waals surface area (Å²) in [4.78, 5) is 0. The maximum atomic E-state index is 10.8. The van der Waals surface area contributed by atoms with E-state index in [0.29, 0.717) is 27.7 Å². The number of phenolic OH excluding ortho intramolecular Hbond substituents is 2. The minimum atomic E-state index is -0.881. The van der Waals surface area contributed by atoms with Gasteiger partial charge in [0, 0.05) is 16.5 Å². The summed E-state index contributed by atoms with van der Waals surface area (Å²) in [6.45, 7) is 0. The van der Waals surface area contributed by atoms with Gasteiger partial charge in [0.25, 0.3) is 0 Å². The topological polar surface area (TPSA) is 69.9 Å². The molecule has 23 heavy (non-hydrogen) atoms. The Labute approximate surface area is 132 Å². The van der Waals surface area contributed by atoms with Gasteiger partial charge in [0.05, 0.1) is 6.26 Å². The van der Waals surface area contributed by atoms with Crippen molar-refractivity contribution in [1.29, 1.82) is 0 Å². The number of benzene rings is 3. The maximum absolute atomic E-state index is 10.8. The van der Waals surface area contributed by atoms with Gasteiger partial charge in [0.1, 0.15) is 11.9 Å². The molecule has 3 N–H and O–H groups in total. The number of aliphatic hydroxyl groups is 1. The highest BCUT2D eigenvalue weighted by Gasteiger charge is 2.27. The summed E-state index contributed by atoms with van der Waals surface area (Å²) in [5, 5.41) is 31.7. The zero-order chi connectivity index (χ0) is 16.0. The van der Waals surface area contributed by atoms with E-state index < -0.39 is 6.10 Å². The van der Waals surface area contributed by atoms with Crippen molar-refractivity contribution >= 4 is 16.3 Å². The fourth-order valence-electron chi connectivity index (χ4n) is 2.97. The van der Waals surface area contributed by atoms with Gasteiger partial charge in [-0.25, -0.2) is 0 Å². The monoisotopic (exact) mass is 306 g/mol. The molecule has 1 heterocycles. The predicted octanol–water partition coefficient (Wildman–Crippen LogP) is 3.72. The number of aliphatic hydroxyl groups excluding tert-OH is 1. The first-order chi connectivity index (χ1) is 11.2. The third-order valence-electron chi connectivity index (χ3n) is 4.14. The third-order valence-corrected chi connectivity index (χ3v) is 4.14. The second kappa shape index (κ2) is 5.04. The SMILES string of the molecule is Oc1ccc2c3c(ccc2c1O)OC=C(c1ccccc1)C3O. The van der Waals surface area contributed by atoms with E-state index in [1.165, 1.54) is 6.07 Å². The van der Waals surface area contributed by atoms with E-state index in [0.717, 1.165) is 5.56 Å². The lowest BCUT2D eigenvalue weighted by Crippen LogP contribution is -2.10. The Bertz CT molecular complexity index is 929. The Balaban J connectivity index is 1.93. The Morgan fingerprint density at radius 1 is 0.826 bits per heavy atom. The molecule has 0 radical (unpaired) electrons. The Kier molecular flexibility index (Phi) is 2.99. The highest BCUT2D eigenvalue weighted by Crippen LogP contribution is 2.45. The summed E-state index contributed by atoms with van der Waals surface area (Å²) in [5.41, 5.74) is 2.10. The van der Waals surface area contributed by atoms with E-state index in [9.17, 15) is 15.3 Å². The molecule has 1 unspecified atom stereocenters. The number of ether oxygens (including phenoxy) is 1. The number of rotatable bonds is 1. The summed E-state index contributed by atoms with van der Waals surface area (Å²) in [6.07, 6.45) is 0.669. The minimum absolute atomic E-state index is 0.192. The smallest absolute Gasteiger partial charge is 0.165 e. The molecule has 0 aromatic heterocycles. The molecular formula is C19H14O4. The number of aromatic hydroxyl groups is 2. The normalized spacial score (nSPS) is 16.6. The van der Waals surface area contributed by atoms with Gasteiger partial charge in [-0.3, -0.25) is 0 Å². The van der Waals surface area contributed by atoms with E-state index in [1.807, 2.05) is 30.3 Å². The Morgan fingerprint density at radius 2 is 1.57 bits per heavy atom. The molecule has 0 saturated carbocycles. The van der Waals surface area contributed by atoms with Crippen LogP contribution in [0, 0.1) is 0 Å². The fraction of sp³-hybridized carbons (Fsp3) is 0.0526. The van der Waals surface area contributed by atoms with E-state index in [2.05, 4.69) is 0 Å². The Morgan fingerprint density at radius 3 is 2.35 bits per heavy atom. The molecule has 0 amide bonds. The van der Waals surface area contributed by atoms with Crippen LogP contribution < -0.4 is 4.74 Å². The standard InChI is InChI=1S/C19H14O4/c20-15-8-6-12-13(18(15)21)7-9-16-17(12)19(22)14(10-23-16)11-4-2-1-3-5-11/h1-10,19-22H. The van der Waals surface area contributed by atoms with Crippen LogP contribution in [0.25, 0.3) is 16.3 Å². The summed E-state index contributed by atoms with van der Waals surface area (Å²) in [5.74, 6) is 0.144. The van der Waals surface area contributed by atoms with E-state index in [-0.39, 0.29) is 11.5 Å². The molecular weight excluding hydrogens is 292 g/mol. The molecule has 1 aliphatic heterocycles. The maximum Gasteiger partial charge on any atom is 0.165 e. The molecule has 3 aromatic rings. The van der Waals surface area contributed by atoms with Gasteiger partial charge in [-0.05, 0) is 35.2 Å². The molecule has 0 spiro atoms. The van der Waals surface area contributed by atoms with Crippen LogP contribution in [0.5, 0.6) is 17.2 Å². The van der Waals surface area contributed by atoms with Gasteiger partial charge in [-0.15, -0.1) is 0 Å². The zero-order valence-electron chi connectivity index (χ0n) is 12.1. The van der Waals surface area contributed by atoms with Crippen LogP contribution in [0.2, 0.25) is 0 Å². The van der Waals surface area contributed by atoms with Gasteiger partial charge in [-0.1, -0.05) is 30.3 Å².